The van der Waals surface area contributed by atoms with Gasteiger partial charge in [-0.05, 0) is 87.1 Å². The van der Waals surface area contributed by atoms with E-state index in [2.05, 4.69) is 5.32 Å². The van der Waals surface area contributed by atoms with Gasteiger partial charge >= 0.3 is 12.1 Å². The Labute approximate surface area is 243 Å². The number of fused-ring (bicyclic) bond motifs is 1. The minimum atomic E-state index is -1.02. The van der Waals surface area contributed by atoms with Crippen LogP contribution in [0.15, 0.2) is 77.9 Å². The molecule has 0 heterocycles. The van der Waals surface area contributed by atoms with Gasteiger partial charge in [-0.2, -0.15) is 0 Å². The number of hydrogen-bond acceptors (Lipinski definition) is 6. The number of alkyl carbamates (subject to hydrolysis) is 1. The van der Waals surface area contributed by atoms with Gasteiger partial charge < -0.3 is 19.5 Å². The van der Waals surface area contributed by atoms with E-state index < -0.39 is 41.1 Å². The average Bonchev–Trinajstić information content (AvgIpc) is 2.94. The number of amides is 1. The highest BCUT2D eigenvalue weighted by molar-refractivity contribution is 6.26. The number of aryl methyl sites for hydroxylation is 1. The largest absolute Gasteiger partial charge is 0.489 e. The van der Waals surface area contributed by atoms with Gasteiger partial charge in [-0.1, -0.05) is 42.5 Å². The molecule has 1 N–H and O–H groups in total. The lowest BCUT2D eigenvalue weighted by atomic mass is 9.79. The Hall–Kier alpha value is -4.53. The Bertz CT molecular complexity index is 1510. The number of ether oxygens (including phenoxy) is 3. The minimum Gasteiger partial charge on any atom is -0.489 e. The number of carbonyl (C=O) groups is 3. The summed E-state index contributed by atoms with van der Waals surface area (Å²) in [6, 6.07) is 17.1. The van der Waals surface area contributed by atoms with Crippen LogP contribution in [-0.4, -0.2) is 30.1 Å². The van der Waals surface area contributed by atoms with Gasteiger partial charge in [-0.15, -0.1) is 0 Å². The summed E-state index contributed by atoms with van der Waals surface area (Å²) in [6.45, 7) is 6.98. The van der Waals surface area contributed by atoms with E-state index in [1.165, 1.54) is 18.2 Å². The first-order valence-electron chi connectivity index (χ1n) is 13.7. The zero-order valence-electron chi connectivity index (χ0n) is 24.0. The fraction of sp³-hybridized carbons (Fsp3) is 0.303. The van der Waals surface area contributed by atoms with Gasteiger partial charge in [0.25, 0.3) is 0 Å². The quantitative estimate of drug-likeness (QED) is 0.222. The third-order valence-electron chi connectivity index (χ3n) is 6.56. The summed E-state index contributed by atoms with van der Waals surface area (Å²) >= 11 is 0. The number of rotatable bonds is 9. The van der Waals surface area contributed by atoms with Crippen molar-refractivity contribution in [1.29, 1.82) is 0 Å². The Morgan fingerprint density at radius 2 is 1.69 bits per heavy atom. The van der Waals surface area contributed by atoms with E-state index >= 15 is 0 Å². The molecular weight excluding hydrogens is 544 g/mol. The molecule has 3 aromatic carbocycles. The fourth-order valence-corrected chi connectivity index (χ4v) is 4.72. The molecule has 42 heavy (non-hydrogen) atoms. The first kappa shape index (κ1) is 30.4. The van der Waals surface area contributed by atoms with Gasteiger partial charge in [0.05, 0.1) is 12.6 Å². The standard InChI is InChI=1S/C33H33F2NO6/c1-5-40-32(39)36-29-24(16-14-21-12-9-13-26(34)28(21)35)27(31(38)42-33(2,3)4)30(37)23-17-15-22(18-25(23)29)41-19-20-10-7-6-8-11-20/h6-13,15,17-18,29H,5,14,16,19H2,1-4H3,(H,36,39). The topological polar surface area (TPSA) is 90.9 Å². The van der Waals surface area contributed by atoms with Crippen LogP contribution in [0.5, 0.6) is 5.75 Å². The minimum absolute atomic E-state index is 0.0547. The molecule has 1 atom stereocenters. The fourth-order valence-electron chi connectivity index (χ4n) is 4.72. The van der Waals surface area contributed by atoms with Crippen LogP contribution in [0.3, 0.4) is 0 Å². The first-order valence-corrected chi connectivity index (χ1v) is 13.7. The van der Waals surface area contributed by atoms with Gasteiger partial charge in [0.15, 0.2) is 11.6 Å². The van der Waals surface area contributed by atoms with E-state index in [0.717, 1.165) is 11.6 Å². The molecule has 1 amide bonds. The number of carbonyl (C=O) groups excluding carboxylic acids is 3. The summed E-state index contributed by atoms with van der Waals surface area (Å²) in [5.74, 6) is -3.10. The van der Waals surface area contributed by atoms with Crippen LogP contribution in [-0.2, 0) is 27.3 Å². The number of esters is 1. The van der Waals surface area contributed by atoms with Crippen molar-refractivity contribution in [2.75, 3.05) is 6.61 Å². The smallest absolute Gasteiger partial charge is 0.407 e. The van der Waals surface area contributed by atoms with Gasteiger partial charge in [0.1, 0.15) is 23.5 Å². The van der Waals surface area contributed by atoms with Gasteiger partial charge in [-0.3, -0.25) is 4.79 Å². The van der Waals surface area contributed by atoms with E-state index in [0.29, 0.717) is 11.3 Å². The molecule has 3 aromatic rings. The number of hydrogen-bond donors (Lipinski definition) is 1. The van der Waals surface area contributed by atoms with E-state index in [-0.39, 0.29) is 48.3 Å². The number of ketones is 1. The molecule has 1 unspecified atom stereocenters. The molecule has 1 aliphatic rings. The molecule has 7 nitrogen and oxygen atoms in total. The lowest BCUT2D eigenvalue weighted by Crippen LogP contribution is -2.38. The summed E-state index contributed by atoms with van der Waals surface area (Å²) in [5, 5.41) is 2.76. The summed E-state index contributed by atoms with van der Waals surface area (Å²) in [4.78, 5) is 40.0. The lowest BCUT2D eigenvalue weighted by molar-refractivity contribution is -0.149. The highest BCUT2D eigenvalue weighted by Gasteiger charge is 2.39. The summed E-state index contributed by atoms with van der Waals surface area (Å²) < 4.78 is 45.2. The van der Waals surface area contributed by atoms with E-state index in [4.69, 9.17) is 14.2 Å². The maximum Gasteiger partial charge on any atom is 0.407 e. The summed E-state index contributed by atoms with van der Waals surface area (Å²) in [7, 11) is 0. The maximum absolute atomic E-state index is 14.6. The van der Waals surface area contributed by atoms with E-state index in [1.54, 1.807) is 39.8 Å². The Kier molecular flexibility index (Phi) is 9.40. The SMILES string of the molecule is CCOC(=O)NC1C(CCc2cccc(F)c2F)=C(C(=O)OC(C)(C)C)C(=O)c2ccc(OCc3ccccc3)cc21. The molecule has 0 aliphatic heterocycles. The molecule has 1 aliphatic carbocycles. The summed E-state index contributed by atoms with van der Waals surface area (Å²) in [5.41, 5.74) is 0.527. The van der Waals surface area contributed by atoms with E-state index in [9.17, 15) is 23.2 Å². The Morgan fingerprint density at radius 3 is 2.38 bits per heavy atom. The number of Topliss-reactive ketones (excluding diaryl/α,β-unsaturated/α-hetero) is 1. The van der Waals surface area contributed by atoms with Gasteiger partial charge in [0.2, 0.25) is 5.78 Å². The normalized spacial score (nSPS) is 14.7. The van der Waals surface area contributed by atoms with Crippen molar-refractivity contribution >= 4 is 17.8 Å². The molecule has 0 saturated carbocycles. The second-order valence-corrected chi connectivity index (χ2v) is 10.8. The van der Waals surface area contributed by atoms with Crippen LogP contribution >= 0.6 is 0 Å². The lowest BCUT2D eigenvalue weighted by Gasteiger charge is -2.31. The molecule has 220 valence electrons. The number of halogens is 2. The van der Waals surface area contributed by atoms with Gasteiger partial charge in [-0.25, -0.2) is 18.4 Å². The van der Waals surface area contributed by atoms with Crippen molar-refractivity contribution in [3.8, 4) is 5.75 Å². The van der Waals surface area contributed by atoms with E-state index in [1.807, 2.05) is 30.3 Å². The molecule has 0 spiro atoms. The second-order valence-electron chi connectivity index (χ2n) is 10.8. The second kappa shape index (κ2) is 13.0. The van der Waals surface area contributed by atoms with Crippen molar-refractivity contribution in [3.05, 3.63) is 112 Å². The molecule has 0 bridgehead atoms. The zero-order valence-corrected chi connectivity index (χ0v) is 24.0. The van der Waals surface area contributed by atoms with Crippen molar-refractivity contribution in [3.63, 3.8) is 0 Å². The van der Waals surface area contributed by atoms with Crippen LogP contribution in [0.4, 0.5) is 13.6 Å². The van der Waals surface area contributed by atoms with Crippen molar-refractivity contribution in [1.82, 2.24) is 5.32 Å². The van der Waals surface area contributed by atoms with Crippen molar-refractivity contribution < 1.29 is 37.4 Å². The third-order valence-corrected chi connectivity index (χ3v) is 6.56. The zero-order chi connectivity index (χ0) is 30.4. The summed E-state index contributed by atoms with van der Waals surface area (Å²) in [6.07, 6.45) is -0.901. The van der Waals surface area contributed by atoms with Crippen molar-refractivity contribution in [2.24, 2.45) is 0 Å². The molecule has 9 heteroatoms. The highest BCUT2D eigenvalue weighted by atomic mass is 19.2. The third kappa shape index (κ3) is 7.21. The molecule has 0 fully saturated rings. The van der Waals surface area contributed by atoms with Crippen LogP contribution in [0.1, 0.15) is 67.2 Å². The van der Waals surface area contributed by atoms with Crippen molar-refractivity contribution in [2.45, 2.75) is 58.8 Å². The Morgan fingerprint density at radius 1 is 0.952 bits per heavy atom. The van der Waals surface area contributed by atoms with Gasteiger partial charge in [0, 0.05) is 5.56 Å². The maximum atomic E-state index is 14.6. The predicted octanol–water partition coefficient (Wildman–Crippen LogP) is 6.80. The molecule has 0 saturated heterocycles. The first-order chi connectivity index (χ1) is 20.0. The Balaban J connectivity index is 1.80. The number of benzene rings is 3. The molecule has 4 rings (SSSR count). The molecule has 0 radical (unpaired) electrons. The highest BCUT2D eigenvalue weighted by Crippen LogP contribution is 2.40. The number of nitrogens with one attached hydrogen (secondary N) is 1. The molecule has 0 aromatic heterocycles. The van der Waals surface area contributed by atoms with Crippen LogP contribution in [0, 0.1) is 11.6 Å². The van der Waals surface area contributed by atoms with Crippen LogP contribution in [0.2, 0.25) is 0 Å². The molecular formula is C33H33F2NO6. The van der Waals surface area contributed by atoms with Crippen LogP contribution < -0.4 is 10.1 Å². The predicted molar refractivity (Wildman–Crippen MR) is 152 cm³/mol. The average molecular weight is 578 g/mol. The van der Waals surface area contributed by atoms with Crippen LogP contribution in [0.25, 0.3) is 0 Å². The monoisotopic (exact) mass is 577 g/mol.